The topological polar surface area (TPSA) is 29.4 Å². The van der Waals surface area contributed by atoms with E-state index in [4.69, 9.17) is 0 Å². The Kier molecular flexibility index (Phi) is 2.99. The van der Waals surface area contributed by atoms with Crippen LogP contribution in [0.3, 0.4) is 0 Å². The molecule has 0 atom stereocenters. The summed E-state index contributed by atoms with van der Waals surface area (Å²) in [5.74, 6) is -0.232. The molecule has 0 bridgehead atoms. The molecule has 1 aromatic carbocycles. The van der Waals surface area contributed by atoms with Crippen LogP contribution < -0.4 is 0 Å². The highest BCUT2D eigenvalue weighted by Crippen LogP contribution is 2.18. The van der Waals surface area contributed by atoms with Crippen LogP contribution in [0.15, 0.2) is 23.4 Å². The van der Waals surface area contributed by atoms with Gasteiger partial charge in [-0.05, 0) is 38.0 Å². The summed E-state index contributed by atoms with van der Waals surface area (Å²) in [4.78, 5) is 10.4. The minimum atomic E-state index is -0.665. The minimum Gasteiger partial charge on any atom is -0.207 e. The molecule has 0 unspecified atom stereocenters. The number of hydrogen-bond acceptors (Lipinski definition) is 2. The fourth-order valence-corrected chi connectivity index (χ4v) is 1.28. The molecule has 0 aromatic heterocycles. The highest BCUT2D eigenvalue weighted by atomic mass is 19.1. The third-order valence-corrected chi connectivity index (χ3v) is 2.12. The summed E-state index contributed by atoms with van der Waals surface area (Å²) < 4.78 is 13.1. The lowest BCUT2D eigenvalue weighted by molar-refractivity contribution is 0.512. The van der Waals surface area contributed by atoms with Gasteiger partial charge in [0, 0.05) is 6.42 Å². The predicted octanol–water partition coefficient (Wildman–Crippen LogP) is 3.22. The van der Waals surface area contributed by atoms with Crippen LogP contribution in [0.5, 0.6) is 0 Å². The third-order valence-electron chi connectivity index (χ3n) is 2.12. The van der Waals surface area contributed by atoms with Crippen LogP contribution >= 0.6 is 0 Å². The average Bonchev–Trinajstić information content (AvgIpc) is 2.11. The molecule has 0 N–H and O–H groups in total. The summed E-state index contributed by atoms with van der Waals surface area (Å²) in [5, 5.41) is 3.00. The first-order valence-corrected chi connectivity index (χ1v) is 4.54. The van der Waals surface area contributed by atoms with E-state index >= 15 is 0 Å². The maximum absolute atomic E-state index is 13.1. The van der Waals surface area contributed by atoms with Crippen molar-refractivity contribution in [3.63, 3.8) is 0 Å². The van der Waals surface area contributed by atoms with Crippen LogP contribution in [0, 0.1) is 17.6 Å². The first-order chi connectivity index (χ1) is 6.44. The lowest BCUT2D eigenvalue weighted by Crippen LogP contribution is -2.19. The number of nitrogens with zero attached hydrogens (tertiary/aromatic N) is 1. The van der Waals surface area contributed by atoms with Crippen LogP contribution in [0.4, 0.5) is 4.39 Å². The number of benzene rings is 1. The quantitative estimate of drug-likeness (QED) is 0.681. The SMILES string of the molecule is Cc1ccc(CC(C)(C)N=O)cc1F. The molecule has 2 nitrogen and oxygen atoms in total. The van der Waals surface area contributed by atoms with Crippen molar-refractivity contribution in [3.05, 3.63) is 40.1 Å². The molecule has 76 valence electrons. The summed E-state index contributed by atoms with van der Waals surface area (Å²) in [7, 11) is 0. The van der Waals surface area contributed by atoms with E-state index in [0.29, 0.717) is 12.0 Å². The first kappa shape index (κ1) is 10.8. The standard InChI is InChI=1S/C11H14FNO/c1-8-4-5-9(6-10(8)12)7-11(2,3)13-14/h4-6H,7H2,1-3H3. The Morgan fingerprint density at radius 2 is 2.07 bits per heavy atom. The van der Waals surface area contributed by atoms with E-state index in [-0.39, 0.29) is 5.82 Å². The zero-order valence-electron chi connectivity index (χ0n) is 8.67. The molecule has 0 amide bonds. The maximum Gasteiger partial charge on any atom is 0.126 e. The van der Waals surface area contributed by atoms with Gasteiger partial charge in [0.1, 0.15) is 11.4 Å². The van der Waals surface area contributed by atoms with E-state index in [2.05, 4.69) is 5.18 Å². The summed E-state index contributed by atoms with van der Waals surface area (Å²) in [6, 6.07) is 5.00. The molecule has 0 aliphatic carbocycles. The van der Waals surface area contributed by atoms with Gasteiger partial charge in [-0.25, -0.2) is 4.39 Å². The van der Waals surface area contributed by atoms with Crippen molar-refractivity contribution in [2.45, 2.75) is 32.7 Å². The highest BCUT2D eigenvalue weighted by molar-refractivity contribution is 5.24. The summed E-state index contributed by atoms with van der Waals surface area (Å²) in [5.41, 5.74) is 0.755. The molecule has 0 spiro atoms. The van der Waals surface area contributed by atoms with Gasteiger partial charge in [0.2, 0.25) is 0 Å². The van der Waals surface area contributed by atoms with E-state index in [0.717, 1.165) is 5.56 Å². The zero-order valence-corrected chi connectivity index (χ0v) is 8.67. The molecule has 1 aromatic rings. The Morgan fingerprint density at radius 1 is 1.43 bits per heavy atom. The highest BCUT2D eigenvalue weighted by Gasteiger charge is 2.19. The van der Waals surface area contributed by atoms with Gasteiger partial charge in [0.15, 0.2) is 0 Å². The summed E-state index contributed by atoms with van der Waals surface area (Å²) in [6.45, 7) is 5.18. The van der Waals surface area contributed by atoms with Crippen molar-refractivity contribution < 1.29 is 4.39 Å². The second-order valence-electron chi connectivity index (χ2n) is 4.16. The summed E-state index contributed by atoms with van der Waals surface area (Å²) in [6.07, 6.45) is 0.466. The van der Waals surface area contributed by atoms with Gasteiger partial charge in [0.05, 0.1) is 0 Å². The Labute approximate surface area is 83.1 Å². The Hall–Kier alpha value is -1.25. The van der Waals surface area contributed by atoms with Gasteiger partial charge >= 0.3 is 0 Å². The van der Waals surface area contributed by atoms with Crippen molar-refractivity contribution >= 4 is 0 Å². The molecule has 0 radical (unpaired) electrons. The molecule has 0 aliphatic heterocycles. The number of halogens is 1. The molecule has 0 heterocycles. The Balaban J connectivity index is 2.88. The molecule has 0 saturated carbocycles. The molecular weight excluding hydrogens is 181 g/mol. The van der Waals surface area contributed by atoms with Crippen molar-refractivity contribution in [1.82, 2.24) is 0 Å². The second kappa shape index (κ2) is 3.86. The van der Waals surface area contributed by atoms with Crippen LogP contribution in [-0.4, -0.2) is 5.54 Å². The van der Waals surface area contributed by atoms with Gasteiger partial charge in [0.25, 0.3) is 0 Å². The zero-order chi connectivity index (χ0) is 10.8. The molecule has 0 fully saturated rings. The molecule has 1 rings (SSSR count). The normalized spacial score (nSPS) is 11.4. The number of hydrogen-bond donors (Lipinski definition) is 0. The van der Waals surface area contributed by atoms with Gasteiger partial charge in [-0.15, -0.1) is 0 Å². The van der Waals surface area contributed by atoms with E-state index in [1.165, 1.54) is 6.07 Å². The van der Waals surface area contributed by atoms with Gasteiger partial charge in [-0.2, -0.15) is 4.91 Å². The van der Waals surface area contributed by atoms with Gasteiger partial charge in [-0.3, -0.25) is 0 Å². The lowest BCUT2D eigenvalue weighted by Gasteiger charge is -2.15. The van der Waals surface area contributed by atoms with Gasteiger partial charge < -0.3 is 0 Å². The monoisotopic (exact) mass is 195 g/mol. The van der Waals surface area contributed by atoms with Crippen molar-refractivity contribution in [3.8, 4) is 0 Å². The smallest absolute Gasteiger partial charge is 0.126 e. The minimum absolute atomic E-state index is 0.232. The second-order valence-corrected chi connectivity index (χ2v) is 4.16. The van der Waals surface area contributed by atoms with Gasteiger partial charge in [-0.1, -0.05) is 17.3 Å². The molecular formula is C11H14FNO. The average molecular weight is 195 g/mol. The van der Waals surface area contributed by atoms with Crippen LogP contribution in [0.25, 0.3) is 0 Å². The number of aryl methyl sites for hydroxylation is 1. The van der Waals surface area contributed by atoms with E-state index < -0.39 is 5.54 Å². The first-order valence-electron chi connectivity index (χ1n) is 4.54. The maximum atomic E-state index is 13.1. The largest absolute Gasteiger partial charge is 0.207 e. The number of nitroso groups, excluding NO2 is 1. The Bertz CT molecular complexity index is 347. The van der Waals surface area contributed by atoms with Crippen molar-refractivity contribution in [2.24, 2.45) is 5.18 Å². The Morgan fingerprint density at radius 3 is 2.57 bits per heavy atom. The molecule has 3 heteroatoms. The molecule has 0 aliphatic rings. The lowest BCUT2D eigenvalue weighted by atomic mass is 9.95. The number of rotatable bonds is 3. The third kappa shape index (κ3) is 2.62. The molecule has 0 saturated heterocycles. The van der Waals surface area contributed by atoms with Crippen LogP contribution in [0.2, 0.25) is 0 Å². The van der Waals surface area contributed by atoms with Crippen LogP contribution in [-0.2, 0) is 6.42 Å². The van der Waals surface area contributed by atoms with E-state index in [1.807, 2.05) is 6.07 Å². The van der Waals surface area contributed by atoms with Crippen molar-refractivity contribution in [2.75, 3.05) is 0 Å². The molecule has 14 heavy (non-hydrogen) atoms. The predicted molar refractivity (Wildman–Crippen MR) is 54.7 cm³/mol. The van der Waals surface area contributed by atoms with Crippen LogP contribution in [0.1, 0.15) is 25.0 Å². The van der Waals surface area contributed by atoms with E-state index in [1.54, 1.807) is 26.8 Å². The summed E-state index contributed by atoms with van der Waals surface area (Å²) >= 11 is 0. The van der Waals surface area contributed by atoms with Crippen molar-refractivity contribution in [1.29, 1.82) is 0 Å². The van der Waals surface area contributed by atoms with E-state index in [9.17, 15) is 9.30 Å². The fraction of sp³-hybridized carbons (Fsp3) is 0.455. The fourth-order valence-electron chi connectivity index (χ4n) is 1.28.